The number of allylic oxidation sites excluding steroid dienone is 4. The Kier molecular flexibility index (Phi) is 58.2. The van der Waals surface area contributed by atoms with Crippen LogP contribution in [-0.4, -0.2) is 4.70 Å². The summed E-state index contributed by atoms with van der Waals surface area (Å²) in [5.41, 5.74) is 20.8. The summed E-state index contributed by atoms with van der Waals surface area (Å²) in [6.45, 7) is 13.7. The van der Waals surface area contributed by atoms with Crippen LogP contribution >= 0.6 is 0 Å². The van der Waals surface area contributed by atoms with Gasteiger partial charge in [-0.05, 0) is 80.3 Å². The molecule has 504 valence electrons. The van der Waals surface area contributed by atoms with Gasteiger partial charge in [0.1, 0.15) is 5.57 Å². The van der Waals surface area contributed by atoms with Crippen LogP contribution in [0.4, 0.5) is 0 Å². The summed E-state index contributed by atoms with van der Waals surface area (Å²) < 4.78 is 6.34. The van der Waals surface area contributed by atoms with Crippen LogP contribution in [0.5, 0.6) is 0 Å². The molecule has 3 heteroatoms. The van der Waals surface area contributed by atoms with E-state index in [4.69, 9.17) is 0 Å². The van der Waals surface area contributed by atoms with Gasteiger partial charge in [0.05, 0.1) is 0 Å². The van der Waals surface area contributed by atoms with Gasteiger partial charge in [0.25, 0.3) is 0 Å². The van der Waals surface area contributed by atoms with E-state index in [9.17, 15) is 5.53 Å². The summed E-state index contributed by atoms with van der Waals surface area (Å²) in [5.74, 6) is 7.22. The van der Waals surface area contributed by atoms with E-state index in [0.29, 0.717) is 18.0 Å². The van der Waals surface area contributed by atoms with E-state index in [-0.39, 0.29) is 0 Å². The molecule has 0 aliphatic carbocycles. The second-order valence-corrected chi connectivity index (χ2v) is 28.4. The first kappa shape index (κ1) is 81.3. The second-order valence-electron chi connectivity index (χ2n) is 26.8. The number of rotatable bonds is 60. The number of nitrogens with zero attached hydrogens (tertiary/aromatic N) is 2. The van der Waals surface area contributed by atoms with Gasteiger partial charge in [-0.3, -0.25) is 0 Å². The van der Waals surface area contributed by atoms with Crippen LogP contribution in [0.2, 0.25) is 0 Å². The van der Waals surface area contributed by atoms with E-state index in [0.717, 1.165) is 73.0 Å². The standard InChI is InChI=1S/C47H70N2.2C19H37.Pd/c1-5-9-13-14-15-16-17-18-19-20-21-22-23-24-25-27-34-45-44(33-12-8-4)46(42-37-35-40(36-38-42)30-26-10-6-2)49(48)47(45)43-32-28-31-41(39-43)29-11-7-3;2*1-3-5-7-9-11-13-15-17-19-18-16-14-12-10-8-6-4-2;/h28,31-32,35-39H,5-26,29-30,33H2,1-4H3;2*1,3H,4-19H2,2H3;. The molecule has 0 saturated heterocycles. The van der Waals surface area contributed by atoms with Crippen molar-refractivity contribution in [2.24, 2.45) is 0 Å². The molecule has 0 aromatic heterocycles. The Labute approximate surface area is 558 Å². The fourth-order valence-electron chi connectivity index (χ4n) is 12.6. The van der Waals surface area contributed by atoms with Crippen LogP contribution in [0.3, 0.4) is 0 Å². The SMILES string of the molecule is CCCCCCCCCCCCCCCCC#CC1=C(c2cccc(CCCC)c2)[N+](=[N-])C(c2ccc(CCCCC)cc2)=C1CCCC.CCCCCCCCCCCCCCCCCC=[CH][Pd][CH]=CCCCCCCCCCCCCCCCCC. The summed E-state index contributed by atoms with van der Waals surface area (Å²) in [6.07, 6.45) is 82.6. The molecule has 0 bridgehead atoms. The summed E-state index contributed by atoms with van der Waals surface area (Å²) in [7, 11) is 0. The fourth-order valence-corrected chi connectivity index (χ4v) is 13.7. The minimum atomic E-state index is 0.698. The summed E-state index contributed by atoms with van der Waals surface area (Å²) in [4.78, 5) is 0. The Morgan fingerprint density at radius 3 is 1.10 bits per heavy atom. The van der Waals surface area contributed by atoms with Crippen molar-refractivity contribution < 1.29 is 22.7 Å². The monoisotopic (exact) mass is 1300 g/mol. The predicted molar refractivity (Wildman–Crippen MR) is 392 cm³/mol. The predicted octanol–water partition coefficient (Wildman–Crippen LogP) is 29.6. The molecule has 0 amide bonds. The Morgan fingerprint density at radius 2 is 0.693 bits per heavy atom. The molecular weight excluding hydrogens is 1160 g/mol. The van der Waals surface area contributed by atoms with Crippen molar-refractivity contribution in [3.8, 4) is 11.8 Å². The molecule has 2 nitrogen and oxygen atoms in total. The van der Waals surface area contributed by atoms with E-state index in [1.807, 2.05) is 0 Å². The van der Waals surface area contributed by atoms with Crippen molar-refractivity contribution in [3.05, 3.63) is 109 Å². The van der Waals surface area contributed by atoms with Crippen molar-refractivity contribution in [2.45, 2.75) is 408 Å². The molecule has 0 radical (unpaired) electrons. The van der Waals surface area contributed by atoms with Gasteiger partial charge >= 0.3 is 168 Å². The average Bonchev–Trinajstić information content (AvgIpc) is 2.24. The molecule has 3 rings (SSSR count). The van der Waals surface area contributed by atoms with Gasteiger partial charge in [-0.25, -0.2) is 4.70 Å². The van der Waals surface area contributed by atoms with E-state index >= 15 is 0 Å². The zero-order valence-electron chi connectivity index (χ0n) is 59.4. The third-order valence-corrected chi connectivity index (χ3v) is 19.8. The third kappa shape index (κ3) is 44.7. The van der Waals surface area contributed by atoms with Crippen LogP contribution < -0.4 is 0 Å². The van der Waals surface area contributed by atoms with Crippen LogP contribution in [0.1, 0.15) is 417 Å². The Hall–Kier alpha value is -2.78. The first-order valence-corrected chi connectivity index (χ1v) is 40.8. The molecule has 0 N–H and O–H groups in total. The maximum absolute atomic E-state index is 12.0. The minimum Gasteiger partial charge on any atom is -0.0654 e. The second kappa shape index (κ2) is 63.0. The van der Waals surface area contributed by atoms with Gasteiger partial charge in [-0.2, -0.15) is 0 Å². The third-order valence-electron chi connectivity index (χ3n) is 18.4. The summed E-state index contributed by atoms with van der Waals surface area (Å²) in [6, 6.07) is 17.7. The molecule has 1 aliphatic rings. The van der Waals surface area contributed by atoms with Gasteiger partial charge in [0, 0.05) is 23.1 Å². The van der Waals surface area contributed by atoms with Crippen molar-refractivity contribution >= 4 is 11.4 Å². The van der Waals surface area contributed by atoms with Gasteiger partial charge in [-0.15, -0.1) is 0 Å². The van der Waals surface area contributed by atoms with Crippen molar-refractivity contribution in [1.29, 1.82) is 0 Å². The number of benzene rings is 2. The fraction of sp³-hybridized carbons (Fsp3) is 0.741. The Balaban J connectivity index is 0.000000618. The molecule has 0 saturated carbocycles. The molecule has 0 fully saturated rings. The first-order chi connectivity index (χ1) is 43.6. The van der Waals surface area contributed by atoms with Gasteiger partial charge in [0.15, 0.2) is 0 Å². The normalized spacial score (nSPS) is 12.6. The molecule has 1 aliphatic heterocycles. The smallest absolute Gasteiger partial charge is 0.0654 e. The van der Waals surface area contributed by atoms with Crippen molar-refractivity contribution in [3.63, 3.8) is 0 Å². The molecule has 0 atom stereocenters. The van der Waals surface area contributed by atoms with E-state index in [1.54, 1.807) is 0 Å². The Morgan fingerprint density at radius 1 is 0.341 bits per heavy atom. The molecule has 1 heterocycles. The zero-order chi connectivity index (χ0) is 63.1. The van der Waals surface area contributed by atoms with Crippen LogP contribution in [0.15, 0.2) is 80.9 Å². The van der Waals surface area contributed by atoms with Crippen LogP contribution in [-0.2, 0) is 30.8 Å². The van der Waals surface area contributed by atoms with Crippen LogP contribution in [0.25, 0.3) is 16.9 Å². The van der Waals surface area contributed by atoms with Crippen molar-refractivity contribution in [1.82, 2.24) is 0 Å². The number of hydrogen-bond donors (Lipinski definition) is 0. The topological polar surface area (TPSA) is 25.3 Å². The quantitative estimate of drug-likeness (QED) is 0.0273. The van der Waals surface area contributed by atoms with Gasteiger partial charge in [0.2, 0.25) is 11.4 Å². The molecule has 2 aromatic rings. The van der Waals surface area contributed by atoms with Gasteiger partial charge < -0.3 is 5.53 Å². The molecular formula is C85H144N2Pd. The number of aryl methyl sites for hydroxylation is 2. The Bertz CT molecular complexity index is 2030. The van der Waals surface area contributed by atoms with Gasteiger partial charge in [-0.1, -0.05) is 264 Å². The maximum atomic E-state index is 12.0. The minimum absolute atomic E-state index is 0.698. The number of unbranched alkanes of at least 4 members (excludes halogenated alkanes) is 48. The van der Waals surface area contributed by atoms with E-state index in [1.165, 1.54) is 342 Å². The van der Waals surface area contributed by atoms with E-state index in [2.05, 4.69) is 123 Å². The van der Waals surface area contributed by atoms with Crippen LogP contribution in [0, 0.1) is 11.8 Å². The zero-order valence-corrected chi connectivity index (χ0v) is 61.0. The molecule has 88 heavy (non-hydrogen) atoms. The molecule has 0 unspecified atom stereocenters. The summed E-state index contributed by atoms with van der Waals surface area (Å²) in [5, 5.41) is 0. The average molecular weight is 1300 g/mol. The molecule has 0 spiro atoms. The van der Waals surface area contributed by atoms with E-state index < -0.39 is 0 Å². The molecule has 2 aromatic carbocycles. The first-order valence-electron chi connectivity index (χ1n) is 39.0. The number of hydrogen-bond acceptors (Lipinski definition) is 0. The van der Waals surface area contributed by atoms with Crippen molar-refractivity contribution in [2.75, 3.05) is 0 Å². The summed E-state index contributed by atoms with van der Waals surface area (Å²) >= 11 is 0.698.